The van der Waals surface area contributed by atoms with Gasteiger partial charge in [0.05, 0.1) is 11.7 Å². The second-order valence-electron chi connectivity index (χ2n) is 4.27. The minimum Gasteiger partial charge on any atom is -0.355 e. The number of hydrazine groups is 1. The summed E-state index contributed by atoms with van der Waals surface area (Å²) < 4.78 is 26.7. The molecule has 0 aliphatic carbocycles. The third-order valence-corrected chi connectivity index (χ3v) is 4.21. The lowest BCUT2D eigenvalue weighted by Crippen LogP contribution is -2.45. The summed E-state index contributed by atoms with van der Waals surface area (Å²) in [7, 11) is -3.83. The van der Waals surface area contributed by atoms with Gasteiger partial charge in [-0.2, -0.15) is 4.72 Å². The van der Waals surface area contributed by atoms with Crippen molar-refractivity contribution < 1.29 is 13.2 Å². The maximum Gasteiger partial charge on any atom is 0.243 e. The van der Waals surface area contributed by atoms with Crippen molar-refractivity contribution in [3.05, 3.63) is 24.3 Å². The lowest BCUT2D eigenvalue weighted by molar-refractivity contribution is -0.122. The number of nitrogen functional groups attached to an aromatic ring is 1. The predicted molar refractivity (Wildman–Crippen MR) is 77.3 cm³/mol. The molecule has 0 saturated heterocycles. The number of hydrogen-bond acceptors (Lipinski definition) is 5. The molecule has 1 amide bonds. The topological polar surface area (TPSA) is 113 Å². The van der Waals surface area contributed by atoms with Gasteiger partial charge in [-0.1, -0.05) is 19.1 Å². The molecule has 7 nitrogen and oxygen atoms in total. The fourth-order valence-corrected chi connectivity index (χ4v) is 2.94. The van der Waals surface area contributed by atoms with Crippen LogP contribution in [0.5, 0.6) is 0 Å². The highest BCUT2D eigenvalue weighted by molar-refractivity contribution is 7.89. The normalized spacial score (nSPS) is 12.8. The molecule has 1 aromatic carbocycles. The fraction of sp³-hybridized carbons (Fsp3) is 0.417. The molecule has 0 aliphatic rings. The average Bonchev–Trinajstić information content (AvgIpc) is 2.44. The molecule has 112 valence electrons. The molecule has 0 aromatic heterocycles. The fourth-order valence-electron chi connectivity index (χ4n) is 1.57. The van der Waals surface area contributed by atoms with E-state index in [9.17, 15) is 13.2 Å². The van der Waals surface area contributed by atoms with Crippen molar-refractivity contribution in [1.82, 2.24) is 10.0 Å². The second kappa shape index (κ2) is 7.22. The first-order chi connectivity index (χ1) is 9.42. The van der Waals surface area contributed by atoms with Crippen LogP contribution in [0.1, 0.15) is 20.3 Å². The van der Waals surface area contributed by atoms with E-state index in [1.165, 1.54) is 19.1 Å². The largest absolute Gasteiger partial charge is 0.355 e. The van der Waals surface area contributed by atoms with Crippen molar-refractivity contribution in [2.75, 3.05) is 12.0 Å². The number of benzene rings is 1. The van der Waals surface area contributed by atoms with E-state index in [1.54, 1.807) is 12.1 Å². The van der Waals surface area contributed by atoms with Crippen molar-refractivity contribution in [3.63, 3.8) is 0 Å². The summed E-state index contributed by atoms with van der Waals surface area (Å²) in [5.41, 5.74) is 2.58. The average molecular weight is 300 g/mol. The lowest BCUT2D eigenvalue weighted by Gasteiger charge is -2.15. The van der Waals surface area contributed by atoms with Crippen LogP contribution in [0.4, 0.5) is 5.69 Å². The minimum absolute atomic E-state index is 0.00218. The first-order valence-corrected chi connectivity index (χ1v) is 7.76. The van der Waals surface area contributed by atoms with Gasteiger partial charge >= 0.3 is 0 Å². The Hall–Kier alpha value is -1.64. The summed E-state index contributed by atoms with van der Waals surface area (Å²) in [4.78, 5) is 11.7. The number of carbonyl (C=O) groups is 1. The van der Waals surface area contributed by atoms with Crippen molar-refractivity contribution >= 4 is 21.6 Å². The van der Waals surface area contributed by atoms with Crippen LogP contribution in [0.3, 0.4) is 0 Å². The molecule has 20 heavy (non-hydrogen) atoms. The molecule has 0 fully saturated rings. The highest BCUT2D eigenvalue weighted by Crippen LogP contribution is 2.19. The zero-order valence-electron chi connectivity index (χ0n) is 11.5. The summed E-state index contributed by atoms with van der Waals surface area (Å²) in [6.07, 6.45) is 0.783. The maximum absolute atomic E-state index is 12.2. The van der Waals surface area contributed by atoms with E-state index in [0.717, 1.165) is 6.42 Å². The van der Waals surface area contributed by atoms with Crippen LogP contribution in [-0.4, -0.2) is 26.9 Å². The lowest BCUT2D eigenvalue weighted by atomic mass is 10.3. The molecule has 5 N–H and O–H groups in total. The molecule has 0 spiro atoms. The molecule has 1 atom stereocenters. The third kappa shape index (κ3) is 4.19. The van der Waals surface area contributed by atoms with Crippen molar-refractivity contribution in [3.8, 4) is 0 Å². The third-order valence-electron chi connectivity index (χ3n) is 2.61. The molecular weight excluding hydrogens is 280 g/mol. The second-order valence-corrected chi connectivity index (χ2v) is 5.96. The Balaban J connectivity index is 2.87. The van der Waals surface area contributed by atoms with Crippen LogP contribution in [0.15, 0.2) is 29.2 Å². The summed E-state index contributed by atoms with van der Waals surface area (Å²) in [6.45, 7) is 3.91. The standard InChI is InChI=1S/C12H20N4O3S/c1-3-8-14-12(17)9(2)16-20(18,19)11-7-5-4-6-10(11)15-13/h4-7,9,15-16H,3,8,13H2,1-2H3,(H,14,17). The van der Waals surface area contributed by atoms with Gasteiger partial charge in [-0.05, 0) is 25.5 Å². The van der Waals surface area contributed by atoms with E-state index in [2.05, 4.69) is 15.5 Å². The molecular formula is C12H20N4O3S. The highest BCUT2D eigenvalue weighted by atomic mass is 32.2. The molecule has 0 saturated carbocycles. The molecule has 0 aliphatic heterocycles. The first-order valence-electron chi connectivity index (χ1n) is 6.28. The number of amides is 1. The molecule has 1 rings (SSSR count). The van der Waals surface area contributed by atoms with Crippen LogP contribution >= 0.6 is 0 Å². The molecule has 0 bridgehead atoms. The van der Waals surface area contributed by atoms with E-state index in [1.807, 2.05) is 6.92 Å². The van der Waals surface area contributed by atoms with E-state index in [0.29, 0.717) is 6.54 Å². The Bertz CT molecular complexity index is 560. The zero-order chi connectivity index (χ0) is 15.2. The van der Waals surface area contributed by atoms with E-state index in [4.69, 9.17) is 5.84 Å². The van der Waals surface area contributed by atoms with Crippen LogP contribution in [0, 0.1) is 0 Å². The highest BCUT2D eigenvalue weighted by Gasteiger charge is 2.23. The number of sulfonamides is 1. The number of rotatable bonds is 7. The van der Waals surface area contributed by atoms with E-state index < -0.39 is 16.1 Å². The first kappa shape index (κ1) is 16.4. The van der Waals surface area contributed by atoms with Crippen LogP contribution < -0.4 is 21.3 Å². The Morgan fingerprint density at radius 2 is 2.00 bits per heavy atom. The van der Waals surface area contributed by atoms with Gasteiger partial charge in [-0.15, -0.1) is 0 Å². The van der Waals surface area contributed by atoms with Gasteiger partial charge in [0.2, 0.25) is 15.9 Å². The number of carbonyl (C=O) groups excluding carboxylic acids is 1. The Morgan fingerprint density at radius 1 is 1.35 bits per heavy atom. The maximum atomic E-state index is 12.2. The summed E-state index contributed by atoms with van der Waals surface area (Å²) in [5.74, 6) is 4.92. The van der Waals surface area contributed by atoms with Gasteiger partial charge in [0.15, 0.2) is 0 Å². The smallest absolute Gasteiger partial charge is 0.243 e. The molecule has 1 unspecified atom stereocenters. The van der Waals surface area contributed by atoms with E-state index in [-0.39, 0.29) is 16.5 Å². The van der Waals surface area contributed by atoms with Gasteiger partial charge in [-0.25, -0.2) is 8.42 Å². The number of hydrogen-bond donors (Lipinski definition) is 4. The number of nitrogens with two attached hydrogens (primary N) is 1. The van der Waals surface area contributed by atoms with Gasteiger partial charge in [-0.3, -0.25) is 10.6 Å². The quantitative estimate of drug-likeness (QED) is 0.423. The van der Waals surface area contributed by atoms with Crippen molar-refractivity contribution in [2.45, 2.75) is 31.2 Å². The number of anilines is 1. The van der Waals surface area contributed by atoms with Gasteiger partial charge < -0.3 is 10.7 Å². The Labute approximate surface area is 119 Å². The molecule has 0 heterocycles. The Morgan fingerprint density at radius 3 is 2.60 bits per heavy atom. The number of nitrogens with one attached hydrogen (secondary N) is 3. The molecule has 8 heteroatoms. The predicted octanol–water partition coefficient (Wildman–Crippen LogP) is 0.165. The van der Waals surface area contributed by atoms with Crippen LogP contribution in [-0.2, 0) is 14.8 Å². The van der Waals surface area contributed by atoms with Crippen LogP contribution in [0.2, 0.25) is 0 Å². The molecule has 1 aromatic rings. The molecule has 0 radical (unpaired) electrons. The monoisotopic (exact) mass is 300 g/mol. The van der Waals surface area contributed by atoms with Crippen molar-refractivity contribution in [1.29, 1.82) is 0 Å². The minimum atomic E-state index is -3.83. The van der Waals surface area contributed by atoms with Crippen molar-refractivity contribution in [2.24, 2.45) is 5.84 Å². The van der Waals surface area contributed by atoms with Gasteiger partial charge in [0, 0.05) is 6.54 Å². The Kier molecular flexibility index (Phi) is 5.93. The zero-order valence-corrected chi connectivity index (χ0v) is 12.3. The summed E-state index contributed by atoms with van der Waals surface area (Å²) in [5, 5.41) is 2.63. The SMILES string of the molecule is CCCNC(=O)C(C)NS(=O)(=O)c1ccccc1NN. The van der Waals surface area contributed by atoms with Gasteiger partial charge in [0.25, 0.3) is 0 Å². The van der Waals surface area contributed by atoms with Gasteiger partial charge in [0.1, 0.15) is 4.90 Å². The van der Waals surface area contributed by atoms with E-state index >= 15 is 0 Å². The number of para-hydroxylation sites is 1. The summed E-state index contributed by atoms with van der Waals surface area (Å²) in [6, 6.07) is 5.32. The summed E-state index contributed by atoms with van der Waals surface area (Å²) >= 11 is 0. The van der Waals surface area contributed by atoms with Crippen LogP contribution in [0.25, 0.3) is 0 Å².